The molecule has 1 aliphatic rings. The molecule has 0 unspecified atom stereocenters. The molecule has 0 fully saturated rings. The van der Waals surface area contributed by atoms with E-state index >= 15 is 0 Å². The van der Waals surface area contributed by atoms with Gasteiger partial charge in [0.15, 0.2) is 5.82 Å². The molecule has 188 valence electrons. The van der Waals surface area contributed by atoms with Crippen LogP contribution in [-0.4, -0.2) is 51.2 Å². The summed E-state index contributed by atoms with van der Waals surface area (Å²) >= 11 is 0. The molecule has 1 amide bonds. The van der Waals surface area contributed by atoms with Crippen molar-refractivity contribution in [2.24, 2.45) is 0 Å². The van der Waals surface area contributed by atoms with Gasteiger partial charge in [0.2, 0.25) is 15.9 Å². The zero-order valence-electron chi connectivity index (χ0n) is 20.3. The number of sulfonamides is 1. The number of fused-ring (bicyclic) bond motifs is 2. The Morgan fingerprint density at radius 2 is 1.97 bits per heavy atom. The summed E-state index contributed by atoms with van der Waals surface area (Å²) in [6, 6.07) is 8.50. The molecular formula is C24H26N6O5S. The van der Waals surface area contributed by atoms with Crippen LogP contribution in [0.15, 0.2) is 47.4 Å². The summed E-state index contributed by atoms with van der Waals surface area (Å²) < 4.78 is 38.1. The first kappa shape index (κ1) is 23.9. The maximum Gasteiger partial charge on any atom is 0.331 e. The minimum absolute atomic E-state index is 0.187. The Balaban J connectivity index is 1.34. The smallest absolute Gasteiger partial charge is 0.331 e. The fourth-order valence-corrected chi connectivity index (χ4v) is 4.78. The van der Waals surface area contributed by atoms with Crippen molar-refractivity contribution in [1.29, 1.82) is 0 Å². The highest BCUT2D eigenvalue weighted by atomic mass is 32.2. The maximum absolute atomic E-state index is 12.9. The molecule has 36 heavy (non-hydrogen) atoms. The summed E-state index contributed by atoms with van der Waals surface area (Å²) in [5.41, 5.74) is 1.88. The molecule has 0 atom stereocenters. The third-order valence-corrected chi connectivity index (χ3v) is 7.23. The van der Waals surface area contributed by atoms with E-state index in [0.29, 0.717) is 47.4 Å². The van der Waals surface area contributed by atoms with Crippen molar-refractivity contribution in [3.05, 3.63) is 59.9 Å². The molecule has 0 radical (unpaired) electrons. The molecule has 0 bridgehead atoms. The number of carbonyl (C=O) groups excluding carboxylic acids is 1. The lowest BCUT2D eigenvalue weighted by Gasteiger charge is -2.26. The van der Waals surface area contributed by atoms with Crippen molar-refractivity contribution < 1.29 is 22.5 Å². The van der Waals surface area contributed by atoms with E-state index in [1.54, 1.807) is 24.4 Å². The van der Waals surface area contributed by atoms with E-state index in [1.807, 2.05) is 32.9 Å². The molecule has 0 spiro atoms. The van der Waals surface area contributed by atoms with Crippen LogP contribution in [0.3, 0.4) is 0 Å². The number of anilines is 1. The highest BCUT2D eigenvalue weighted by molar-refractivity contribution is 7.88. The first-order chi connectivity index (χ1) is 17.0. The van der Waals surface area contributed by atoms with Crippen molar-refractivity contribution in [3.63, 3.8) is 0 Å². The minimum Gasteiger partial charge on any atom is -0.439 e. The van der Waals surface area contributed by atoms with Crippen LogP contribution in [0.2, 0.25) is 0 Å². The van der Waals surface area contributed by atoms with Gasteiger partial charge in [0.25, 0.3) is 0 Å². The summed E-state index contributed by atoms with van der Waals surface area (Å²) in [6.07, 6.45) is 4.68. The van der Waals surface area contributed by atoms with Crippen molar-refractivity contribution in [3.8, 4) is 11.6 Å². The van der Waals surface area contributed by atoms with Crippen LogP contribution in [-0.2, 0) is 28.4 Å². The van der Waals surface area contributed by atoms with Crippen LogP contribution in [0.1, 0.15) is 37.8 Å². The Morgan fingerprint density at radius 3 is 2.69 bits per heavy atom. The van der Waals surface area contributed by atoms with Crippen LogP contribution in [0, 0.1) is 0 Å². The van der Waals surface area contributed by atoms with Gasteiger partial charge in [-0.3, -0.25) is 9.88 Å². The third-order valence-electron chi connectivity index (χ3n) is 5.98. The third kappa shape index (κ3) is 4.69. The number of hydrogen-bond donors (Lipinski definition) is 1. The Kier molecular flexibility index (Phi) is 5.80. The van der Waals surface area contributed by atoms with Gasteiger partial charge >= 0.3 is 6.03 Å². The van der Waals surface area contributed by atoms with Gasteiger partial charge in [-0.25, -0.2) is 23.2 Å². The van der Waals surface area contributed by atoms with Crippen LogP contribution in [0.4, 0.5) is 10.6 Å². The Labute approximate surface area is 208 Å². The summed E-state index contributed by atoms with van der Waals surface area (Å²) in [6.45, 7) is 6.53. The number of hydrogen-bond acceptors (Lipinski definition) is 8. The van der Waals surface area contributed by atoms with Crippen molar-refractivity contribution >= 4 is 32.8 Å². The lowest BCUT2D eigenvalue weighted by atomic mass is 9.93. The van der Waals surface area contributed by atoms with Crippen molar-refractivity contribution in [1.82, 2.24) is 24.0 Å². The van der Waals surface area contributed by atoms with E-state index in [9.17, 15) is 13.2 Å². The fraction of sp³-hybridized carbons (Fsp3) is 0.333. The quantitative estimate of drug-likeness (QED) is 0.437. The SMILES string of the molecule is CC(C)(C)c1cc(NC(=O)n2ccc3cc(Oc4ncnc5c4CCN(S(C)(=O)=O)C5)ccc32)no1. The molecule has 12 heteroatoms. The summed E-state index contributed by atoms with van der Waals surface area (Å²) in [5.74, 6) is 1.95. The molecule has 4 aromatic rings. The minimum atomic E-state index is -3.31. The lowest BCUT2D eigenvalue weighted by molar-refractivity contribution is 0.254. The van der Waals surface area contributed by atoms with Crippen molar-refractivity contribution in [2.75, 3.05) is 18.1 Å². The number of carbonyl (C=O) groups is 1. The molecule has 1 aromatic carbocycles. The van der Waals surface area contributed by atoms with Gasteiger partial charge in [-0.05, 0) is 30.7 Å². The van der Waals surface area contributed by atoms with Crippen LogP contribution >= 0.6 is 0 Å². The largest absolute Gasteiger partial charge is 0.439 e. The number of nitrogens with one attached hydrogen (secondary N) is 1. The van der Waals surface area contributed by atoms with Crippen LogP contribution in [0.25, 0.3) is 10.9 Å². The highest BCUT2D eigenvalue weighted by Gasteiger charge is 2.27. The predicted octanol–water partition coefficient (Wildman–Crippen LogP) is 3.91. The average molecular weight is 511 g/mol. The second-order valence-corrected chi connectivity index (χ2v) is 11.7. The van der Waals surface area contributed by atoms with Gasteiger partial charge in [0.05, 0.1) is 24.0 Å². The lowest BCUT2D eigenvalue weighted by Crippen LogP contribution is -2.35. The monoisotopic (exact) mass is 510 g/mol. The number of rotatable bonds is 4. The standard InChI is InChI=1S/C24H26N6O5S/c1-24(2,3)20-12-21(28-35-20)27-23(31)30-10-7-15-11-16(5-6-19(15)30)34-22-17-8-9-29(36(4,32)33)13-18(17)25-14-26-22/h5-7,10-12,14H,8-9,13H2,1-4H3,(H,27,28,31). The van der Waals surface area contributed by atoms with Gasteiger partial charge in [-0.1, -0.05) is 25.9 Å². The van der Waals surface area contributed by atoms with Gasteiger partial charge in [0, 0.05) is 35.2 Å². The van der Waals surface area contributed by atoms with Gasteiger partial charge < -0.3 is 9.26 Å². The zero-order chi connectivity index (χ0) is 25.7. The van der Waals surface area contributed by atoms with Gasteiger partial charge in [-0.2, -0.15) is 4.31 Å². The van der Waals surface area contributed by atoms with Gasteiger partial charge in [-0.15, -0.1) is 0 Å². The molecule has 11 nitrogen and oxygen atoms in total. The normalized spacial score (nSPS) is 14.6. The summed E-state index contributed by atoms with van der Waals surface area (Å²) in [7, 11) is -3.31. The van der Waals surface area contributed by atoms with Gasteiger partial charge in [0.1, 0.15) is 17.8 Å². The second-order valence-electron chi connectivity index (χ2n) is 9.72. The van der Waals surface area contributed by atoms with E-state index in [4.69, 9.17) is 9.26 Å². The number of aromatic nitrogens is 4. The highest BCUT2D eigenvalue weighted by Crippen LogP contribution is 2.31. The van der Waals surface area contributed by atoms with E-state index < -0.39 is 10.0 Å². The first-order valence-electron chi connectivity index (χ1n) is 11.3. The van der Waals surface area contributed by atoms with E-state index in [0.717, 1.165) is 10.9 Å². The molecule has 0 saturated heterocycles. The topological polar surface area (TPSA) is 132 Å². The molecule has 0 aliphatic carbocycles. The van der Waals surface area contributed by atoms with E-state index in [1.165, 1.54) is 21.5 Å². The van der Waals surface area contributed by atoms with Crippen LogP contribution < -0.4 is 10.1 Å². The van der Waals surface area contributed by atoms with E-state index in [2.05, 4.69) is 20.4 Å². The molecule has 3 aromatic heterocycles. The Bertz CT molecular complexity index is 1570. The number of ether oxygens (including phenoxy) is 1. The summed E-state index contributed by atoms with van der Waals surface area (Å²) in [4.78, 5) is 21.4. The van der Waals surface area contributed by atoms with E-state index in [-0.39, 0.29) is 18.0 Å². The first-order valence-corrected chi connectivity index (χ1v) is 13.2. The number of nitrogens with zero attached hydrogens (tertiary/aromatic N) is 5. The number of amides is 1. The fourth-order valence-electron chi connectivity index (χ4n) is 4.00. The maximum atomic E-state index is 12.9. The van der Waals surface area contributed by atoms with Crippen LogP contribution in [0.5, 0.6) is 11.6 Å². The summed E-state index contributed by atoms with van der Waals surface area (Å²) in [5, 5.41) is 7.49. The average Bonchev–Trinajstić information content (AvgIpc) is 3.45. The molecule has 1 aliphatic heterocycles. The molecule has 5 rings (SSSR count). The Hall–Kier alpha value is -3.77. The molecule has 4 heterocycles. The number of benzene rings is 1. The molecule has 1 N–H and O–H groups in total. The predicted molar refractivity (Wildman–Crippen MR) is 133 cm³/mol. The van der Waals surface area contributed by atoms with Crippen molar-refractivity contribution in [2.45, 2.75) is 39.2 Å². The molecule has 0 saturated carbocycles. The Morgan fingerprint density at radius 1 is 1.17 bits per heavy atom. The molecular weight excluding hydrogens is 484 g/mol. The zero-order valence-corrected chi connectivity index (χ0v) is 21.2. The second kappa shape index (κ2) is 8.71.